The van der Waals surface area contributed by atoms with E-state index in [1.165, 1.54) is 18.2 Å². The third-order valence-corrected chi connectivity index (χ3v) is 4.48. The molecule has 0 radical (unpaired) electrons. The molecule has 1 aliphatic heterocycles. The minimum atomic E-state index is -0.546. The minimum Gasteiger partial charge on any atom is -0.365 e. The quantitative estimate of drug-likeness (QED) is 0.232. The summed E-state index contributed by atoms with van der Waals surface area (Å²) in [6, 6.07) is 3.95. The van der Waals surface area contributed by atoms with Gasteiger partial charge in [-0.1, -0.05) is 26.8 Å². The van der Waals surface area contributed by atoms with E-state index in [9.17, 15) is 13.6 Å². The number of nitrogens with zero attached hydrogens (tertiary/aromatic N) is 2. The molecule has 164 valence electrons. The van der Waals surface area contributed by atoms with E-state index >= 15 is 0 Å². The molecule has 0 spiro atoms. The number of carbonyl (C=O) groups is 1. The zero-order valence-electron chi connectivity index (χ0n) is 17.5. The monoisotopic (exact) mass is 523 g/mol. The maximum absolute atomic E-state index is 14.0. The first-order valence-corrected chi connectivity index (χ1v) is 9.74. The molecule has 1 fully saturated rings. The van der Waals surface area contributed by atoms with Crippen LogP contribution in [-0.4, -0.2) is 50.6 Å². The van der Waals surface area contributed by atoms with E-state index in [1.807, 2.05) is 27.7 Å². The molecule has 1 saturated heterocycles. The summed E-state index contributed by atoms with van der Waals surface area (Å²) in [6.07, 6.45) is 0.749. The van der Waals surface area contributed by atoms with E-state index in [0.29, 0.717) is 38.7 Å². The second kappa shape index (κ2) is 11.5. The molecule has 9 heteroatoms. The summed E-state index contributed by atoms with van der Waals surface area (Å²) in [4.78, 5) is 18.1. The Morgan fingerprint density at radius 2 is 1.90 bits per heavy atom. The molecule has 3 N–H and O–H groups in total. The Morgan fingerprint density at radius 1 is 1.24 bits per heavy atom. The molecule has 1 heterocycles. The summed E-state index contributed by atoms with van der Waals surface area (Å²) < 4.78 is 28.0. The Labute approximate surface area is 188 Å². The zero-order chi connectivity index (χ0) is 20.7. The lowest BCUT2D eigenvalue weighted by molar-refractivity contribution is -0.128. The van der Waals surface area contributed by atoms with Crippen molar-refractivity contribution in [1.82, 2.24) is 16.0 Å². The van der Waals surface area contributed by atoms with Crippen molar-refractivity contribution < 1.29 is 13.6 Å². The van der Waals surface area contributed by atoms with Gasteiger partial charge in [0.2, 0.25) is 5.91 Å². The highest BCUT2D eigenvalue weighted by molar-refractivity contribution is 14.0. The number of anilines is 1. The first-order chi connectivity index (χ1) is 13.2. The van der Waals surface area contributed by atoms with E-state index < -0.39 is 17.0 Å². The first-order valence-electron chi connectivity index (χ1n) is 9.74. The Morgan fingerprint density at radius 3 is 2.48 bits per heavy atom. The van der Waals surface area contributed by atoms with Crippen molar-refractivity contribution >= 4 is 41.5 Å². The van der Waals surface area contributed by atoms with Crippen molar-refractivity contribution in [3.05, 3.63) is 29.8 Å². The highest BCUT2D eigenvalue weighted by Gasteiger charge is 2.27. The average Bonchev–Trinajstić information content (AvgIpc) is 3.05. The fraction of sp³-hybridized carbons (Fsp3) is 0.600. The number of rotatable bonds is 6. The third-order valence-electron chi connectivity index (χ3n) is 4.48. The number of hydrogen-bond donors (Lipinski definition) is 3. The Bertz CT molecular complexity index is 688. The molecule has 29 heavy (non-hydrogen) atoms. The number of hydrogen-bond acceptors (Lipinski definition) is 3. The normalized spacial score (nSPS) is 17.0. The second-order valence-electron chi connectivity index (χ2n) is 7.91. The van der Waals surface area contributed by atoms with Gasteiger partial charge in [0.1, 0.15) is 17.3 Å². The molecular weight excluding hydrogens is 491 g/mol. The van der Waals surface area contributed by atoms with Crippen LogP contribution in [0.2, 0.25) is 0 Å². The highest BCUT2D eigenvalue weighted by Crippen LogP contribution is 2.26. The molecule has 1 aromatic rings. The average molecular weight is 523 g/mol. The van der Waals surface area contributed by atoms with Crippen LogP contribution in [0.3, 0.4) is 0 Å². The topological polar surface area (TPSA) is 68.8 Å². The summed E-state index contributed by atoms with van der Waals surface area (Å²) in [5.41, 5.74) is -0.402. The molecule has 6 nitrogen and oxygen atoms in total. The molecule has 2 rings (SSSR count). The Hall–Kier alpha value is -1.65. The van der Waals surface area contributed by atoms with Crippen molar-refractivity contribution in [3.63, 3.8) is 0 Å². The number of benzene rings is 1. The van der Waals surface area contributed by atoms with Crippen molar-refractivity contribution in [2.24, 2.45) is 10.4 Å². The predicted octanol–water partition coefficient (Wildman–Crippen LogP) is 2.88. The number of guanidine groups is 1. The molecular formula is C20H32F2IN5O. The SMILES string of the molecule is CCNC(=NCCNC(=O)C(C)(C)C)NC1CCN(c2c(F)cccc2F)C1.I. The van der Waals surface area contributed by atoms with Crippen molar-refractivity contribution in [3.8, 4) is 0 Å². The zero-order valence-corrected chi connectivity index (χ0v) is 19.8. The van der Waals surface area contributed by atoms with Gasteiger partial charge in [-0.15, -0.1) is 24.0 Å². The maximum Gasteiger partial charge on any atom is 0.225 e. The van der Waals surface area contributed by atoms with Crippen LogP contribution in [0.4, 0.5) is 14.5 Å². The fourth-order valence-electron chi connectivity index (χ4n) is 2.99. The molecule has 1 unspecified atom stereocenters. The largest absolute Gasteiger partial charge is 0.365 e. The van der Waals surface area contributed by atoms with Crippen LogP contribution in [0, 0.1) is 17.0 Å². The lowest BCUT2D eigenvalue weighted by Crippen LogP contribution is -2.45. The van der Waals surface area contributed by atoms with E-state index in [1.54, 1.807) is 4.90 Å². The first kappa shape index (κ1) is 25.4. The van der Waals surface area contributed by atoms with Gasteiger partial charge < -0.3 is 20.9 Å². The molecule has 1 aromatic carbocycles. The van der Waals surface area contributed by atoms with Crippen molar-refractivity contribution in [2.75, 3.05) is 37.6 Å². The van der Waals surface area contributed by atoms with Crippen molar-refractivity contribution in [2.45, 2.75) is 40.2 Å². The van der Waals surface area contributed by atoms with Gasteiger partial charge in [0, 0.05) is 37.6 Å². The molecule has 1 aliphatic rings. The standard InChI is InChI=1S/C20H31F2N5O.HI/c1-5-23-19(25-11-10-24-18(28)20(2,3)4)26-14-9-12-27(13-14)17-15(21)7-6-8-16(17)22;/h6-8,14H,5,9-13H2,1-4H3,(H,24,28)(H2,23,25,26);1H. The Kier molecular flexibility index (Phi) is 10.1. The number of halogens is 3. The lowest BCUT2D eigenvalue weighted by atomic mass is 9.96. The van der Waals surface area contributed by atoms with E-state index in [4.69, 9.17) is 0 Å². The van der Waals surface area contributed by atoms with Gasteiger partial charge in [0.05, 0.1) is 6.54 Å². The van der Waals surface area contributed by atoms with Crippen LogP contribution in [-0.2, 0) is 4.79 Å². The Balaban J connectivity index is 0.00000420. The molecule has 0 aromatic heterocycles. The number of nitrogens with one attached hydrogen (secondary N) is 3. The number of aliphatic imine (C=N–C) groups is 1. The van der Waals surface area contributed by atoms with Crippen LogP contribution < -0.4 is 20.9 Å². The molecule has 1 amide bonds. The second-order valence-corrected chi connectivity index (χ2v) is 7.91. The van der Waals surface area contributed by atoms with Gasteiger partial charge in [0.15, 0.2) is 5.96 Å². The summed E-state index contributed by atoms with van der Waals surface area (Å²) in [5.74, 6) is -0.473. The summed E-state index contributed by atoms with van der Waals surface area (Å²) in [7, 11) is 0. The van der Waals surface area contributed by atoms with Crippen LogP contribution in [0.25, 0.3) is 0 Å². The number of para-hydroxylation sites is 1. The predicted molar refractivity (Wildman–Crippen MR) is 124 cm³/mol. The minimum absolute atomic E-state index is 0. The van der Waals surface area contributed by atoms with Crippen molar-refractivity contribution in [1.29, 1.82) is 0 Å². The van der Waals surface area contributed by atoms with Gasteiger partial charge in [-0.3, -0.25) is 9.79 Å². The fourth-order valence-corrected chi connectivity index (χ4v) is 2.99. The number of amides is 1. The smallest absolute Gasteiger partial charge is 0.225 e. The van der Waals surface area contributed by atoms with Gasteiger partial charge in [-0.25, -0.2) is 8.78 Å². The highest BCUT2D eigenvalue weighted by atomic mass is 127. The van der Waals surface area contributed by atoms with Crippen LogP contribution >= 0.6 is 24.0 Å². The van der Waals surface area contributed by atoms with E-state index in [2.05, 4.69) is 20.9 Å². The van der Waals surface area contributed by atoms with Gasteiger partial charge >= 0.3 is 0 Å². The molecule has 1 atom stereocenters. The lowest BCUT2D eigenvalue weighted by Gasteiger charge is -2.21. The molecule has 0 saturated carbocycles. The number of carbonyl (C=O) groups excluding carboxylic acids is 1. The maximum atomic E-state index is 14.0. The summed E-state index contributed by atoms with van der Waals surface area (Å²) in [5, 5.41) is 9.34. The summed E-state index contributed by atoms with van der Waals surface area (Å²) >= 11 is 0. The third kappa shape index (κ3) is 7.60. The van der Waals surface area contributed by atoms with Gasteiger partial charge in [-0.2, -0.15) is 0 Å². The van der Waals surface area contributed by atoms with Crippen LogP contribution in [0.15, 0.2) is 23.2 Å². The van der Waals surface area contributed by atoms with E-state index in [-0.39, 0.29) is 41.6 Å². The van der Waals surface area contributed by atoms with Crippen LogP contribution in [0.1, 0.15) is 34.1 Å². The van der Waals surface area contributed by atoms with Gasteiger partial charge in [-0.05, 0) is 25.5 Å². The molecule has 0 bridgehead atoms. The van der Waals surface area contributed by atoms with Gasteiger partial charge in [0.25, 0.3) is 0 Å². The molecule has 0 aliphatic carbocycles. The van der Waals surface area contributed by atoms with Crippen LogP contribution in [0.5, 0.6) is 0 Å². The van der Waals surface area contributed by atoms with E-state index in [0.717, 1.165) is 6.42 Å². The summed E-state index contributed by atoms with van der Waals surface area (Å²) in [6.45, 7) is 10.2.